The first-order valence-electron chi connectivity index (χ1n) is 21.4. The monoisotopic (exact) mass is 845 g/mol. The SMILES string of the molecule is CCCCCN(Cc1ccc(-c2ccccc2)c(-c2nnnn2C(c2ccccc2)(c2ccccc2)c2ccccc2)c1)S(=O)(=O)NC(=O)Nc1c(C(C)C)cccc1C(C)C. The molecule has 318 valence electrons. The van der Waals surface area contributed by atoms with Crippen LogP contribution in [0.15, 0.2) is 158 Å². The molecule has 1 heterocycles. The van der Waals surface area contributed by atoms with Gasteiger partial charge in [-0.1, -0.05) is 199 Å². The second-order valence-electron chi connectivity index (χ2n) is 16.2. The minimum Gasteiger partial charge on any atom is -0.307 e. The highest BCUT2D eigenvalue weighted by Gasteiger charge is 2.42. The lowest BCUT2D eigenvalue weighted by Gasteiger charge is -2.36. The number of hydrogen-bond donors (Lipinski definition) is 2. The quantitative estimate of drug-likeness (QED) is 0.0695. The molecular formula is C51H55N7O3S. The molecule has 2 amide bonds. The number of nitrogens with one attached hydrogen (secondary N) is 2. The van der Waals surface area contributed by atoms with Crippen LogP contribution in [0.3, 0.4) is 0 Å². The molecule has 0 unspecified atom stereocenters. The predicted octanol–water partition coefficient (Wildman–Crippen LogP) is 11.2. The Labute approximate surface area is 366 Å². The van der Waals surface area contributed by atoms with E-state index in [2.05, 4.69) is 86.3 Å². The molecule has 0 aliphatic rings. The van der Waals surface area contributed by atoms with Crippen LogP contribution in [-0.2, 0) is 22.3 Å². The van der Waals surface area contributed by atoms with E-state index in [-0.39, 0.29) is 24.9 Å². The molecule has 0 spiro atoms. The maximum absolute atomic E-state index is 14.3. The lowest BCUT2D eigenvalue weighted by Crippen LogP contribution is -2.45. The summed E-state index contributed by atoms with van der Waals surface area (Å²) in [4.78, 5) is 13.7. The lowest BCUT2D eigenvalue weighted by molar-refractivity contribution is 0.255. The molecule has 0 aliphatic carbocycles. The molecule has 0 radical (unpaired) electrons. The highest BCUT2D eigenvalue weighted by Crippen LogP contribution is 2.44. The molecule has 7 aromatic rings. The number of aromatic nitrogens is 4. The second kappa shape index (κ2) is 19.5. The molecule has 0 saturated carbocycles. The van der Waals surface area contributed by atoms with E-state index in [0.29, 0.717) is 29.1 Å². The van der Waals surface area contributed by atoms with Crippen molar-refractivity contribution in [3.8, 4) is 22.5 Å². The molecule has 0 saturated heterocycles. The molecule has 6 aromatic carbocycles. The van der Waals surface area contributed by atoms with Crippen LogP contribution in [0.5, 0.6) is 0 Å². The van der Waals surface area contributed by atoms with E-state index in [0.717, 1.165) is 51.8 Å². The van der Waals surface area contributed by atoms with Crippen LogP contribution in [0.2, 0.25) is 0 Å². The largest absolute Gasteiger partial charge is 0.333 e. The molecule has 11 heteroatoms. The molecule has 0 bridgehead atoms. The van der Waals surface area contributed by atoms with Crippen LogP contribution >= 0.6 is 0 Å². The number of anilines is 1. The second-order valence-corrected chi connectivity index (χ2v) is 17.9. The lowest BCUT2D eigenvalue weighted by atomic mass is 9.77. The average molecular weight is 846 g/mol. The van der Waals surface area contributed by atoms with Crippen LogP contribution in [0.25, 0.3) is 22.5 Å². The first kappa shape index (κ1) is 43.7. The van der Waals surface area contributed by atoms with Crippen molar-refractivity contribution in [3.05, 3.63) is 191 Å². The van der Waals surface area contributed by atoms with E-state index in [1.54, 1.807) is 0 Å². The number of amides is 2. The fraction of sp³-hybridized carbons (Fsp3) is 0.255. The Hall–Kier alpha value is -6.43. The Balaban J connectivity index is 1.34. The summed E-state index contributed by atoms with van der Waals surface area (Å²) in [5.41, 5.74) is 7.61. The van der Waals surface area contributed by atoms with Gasteiger partial charge in [0, 0.05) is 24.3 Å². The average Bonchev–Trinajstić information content (AvgIpc) is 3.77. The molecule has 1 aromatic heterocycles. The standard InChI is InChI=1S/C51H55N7O3S/c1-6-7-20-34-57(62(60,61)54-50(59)52-48-44(37(2)3)30-21-31-45(48)38(4)5)36-39-32-33-46(40-22-12-8-13-23-40)47(35-39)49-53-55-56-58(49)51(41-24-14-9-15-25-41,42-26-16-10-17-27-42)43-28-18-11-19-29-43/h8-19,21-33,35,37-38H,6-7,20,34,36H2,1-5H3,(H2,52,54,59). The predicted molar refractivity (Wildman–Crippen MR) is 249 cm³/mol. The molecule has 10 nitrogen and oxygen atoms in total. The zero-order chi connectivity index (χ0) is 43.7. The van der Waals surface area contributed by atoms with Crippen molar-refractivity contribution in [2.45, 2.75) is 77.8 Å². The summed E-state index contributed by atoms with van der Waals surface area (Å²) in [7, 11) is -4.33. The van der Waals surface area contributed by atoms with E-state index < -0.39 is 21.8 Å². The number of carbonyl (C=O) groups excluding carboxylic acids is 1. The molecule has 0 atom stereocenters. The van der Waals surface area contributed by atoms with E-state index >= 15 is 0 Å². The number of tetrazole rings is 1. The van der Waals surface area contributed by atoms with E-state index in [1.807, 2.05) is 126 Å². The van der Waals surface area contributed by atoms with E-state index in [4.69, 9.17) is 10.3 Å². The minimum absolute atomic E-state index is 0.00299. The van der Waals surface area contributed by atoms with Crippen molar-refractivity contribution < 1.29 is 13.2 Å². The fourth-order valence-corrected chi connectivity index (χ4v) is 9.38. The van der Waals surface area contributed by atoms with E-state index in [9.17, 15) is 13.2 Å². The summed E-state index contributed by atoms with van der Waals surface area (Å²) in [5, 5.41) is 16.8. The van der Waals surface area contributed by atoms with Gasteiger partial charge in [-0.15, -0.1) is 5.10 Å². The highest BCUT2D eigenvalue weighted by atomic mass is 32.2. The van der Waals surface area contributed by atoms with Gasteiger partial charge in [0.05, 0.1) is 0 Å². The van der Waals surface area contributed by atoms with Crippen LogP contribution in [0.4, 0.5) is 10.5 Å². The van der Waals surface area contributed by atoms with Crippen molar-refractivity contribution in [2.75, 3.05) is 11.9 Å². The van der Waals surface area contributed by atoms with Crippen molar-refractivity contribution in [1.82, 2.24) is 29.2 Å². The van der Waals surface area contributed by atoms with Gasteiger partial charge in [0.15, 0.2) is 5.82 Å². The Bertz CT molecular complexity index is 2550. The zero-order valence-corrected chi connectivity index (χ0v) is 36.9. The Morgan fingerprint density at radius 2 is 1.21 bits per heavy atom. The first-order valence-corrected chi connectivity index (χ1v) is 22.8. The van der Waals surface area contributed by atoms with Gasteiger partial charge in [-0.3, -0.25) is 0 Å². The van der Waals surface area contributed by atoms with E-state index in [1.165, 1.54) is 4.31 Å². The van der Waals surface area contributed by atoms with Crippen LogP contribution in [0.1, 0.15) is 99.1 Å². The summed E-state index contributed by atoms with van der Waals surface area (Å²) in [6.45, 7) is 10.5. The van der Waals surface area contributed by atoms with Crippen molar-refractivity contribution in [3.63, 3.8) is 0 Å². The van der Waals surface area contributed by atoms with Gasteiger partial charge in [-0.05, 0) is 79.3 Å². The van der Waals surface area contributed by atoms with Gasteiger partial charge in [-0.2, -0.15) is 12.7 Å². The Morgan fingerprint density at radius 1 is 0.677 bits per heavy atom. The van der Waals surface area contributed by atoms with Crippen molar-refractivity contribution in [1.29, 1.82) is 0 Å². The number of urea groups is 1. The topological polar surface area (TPSA) is 122 Å². The van der Waals surface area contributed by atoms with Gasteiger partial charge < -0.3 is 5.32 Å². The molecule has 0 fully saturated rings. The smallest absolute Gasteiger partial charge is 0.307 e. The van der Waals surface area contributed by atoms with Gasteiger partial charge in [0.1, 0.15) is 5.54 Å². The van der Waals surface area contributed by atoms with Gasteiger partial charge >= 0.3 is 16.2 Å². The minimum atomic E-state index is -4.33. The summed E-state index contributed by atoms with van der Waals surface area (Å²) in [5.74, 6) is 0.710. The van der Waals surface area contributed by atoms with Gasteiger partial charge in [0.25, 0.3) is 0 Å². The summed E-state index contributed by atoms with van der Waals surface area (Å²) in [6.07, 6.45) is 2.34. The maximum Gasteiger partial charge on any atom is 0.333 e. The first-order chi connectivity index (χ1) is 30.0. The number of benzene rings is 6. The molecular weight excluding hydrogens is 791 g/mol. The Kier molecular flexibility index (Phi) is 13.7. The summed E-state index contributed by atoms with van der Waals surface area (Å²) < 4.78 is 34.3. The Morgan fingerprint density at radius 3 is 1.73 bits per heavy atom. The number of unbranched alkanes of at least 4 members (excludes halogenated alkanes) is 2. The summed E-state index contributed by atoms with van der Waals surface area (Å²) in [6, 6.07) is 51.7. The van der Waals surface area contributed by atoms with Crippen LogP contribution in [0, 0.1) is 0 Å². The number of hydrogen-bond acceptors (Lipinski definition) is 6. The zero-order valence-electron chi connectivity index (χ0n) is 36.1. The molecule has 0 aliphatic heterocycles. The fourth-order valence-electron chi connectivity index (χ4n) is 8.27. The third-order valence-corrected chi connectivity index (χ3v) is 12.7. The maximum atomic E-state index is 14.3. The number of para-hydroxylation sites is 1. The van der Waals surface area contributed by atoms with Crippen LogP contribution < -0.4 is 10.0 Å². The number of nitrogens with zero attached hydrogens (tertiary/aromatic N) is 5. The third kappa shape index (κ3) is 9.24. The normalized spacial score (nSPS) is 11.9. The van der Waals surface area contributed by atoms with Gasteiger partial charge in [-0.25, -0.2) is 14.2 Å². The van der Waals surface area contributed by atoms with Crippen molar-refractivity contribution >= 4 is 21.9 Å². The molecule has 2 N–H and O–H groups in total. The molecule has 62 heavy (non-hydrogen) atoms. The van der Waals surface area contributed by atoms with Gasteiger partial charge in [0.2, 0.25) is 0 Å². The summed E-state index contributed by atoms with van der Waals surface area (Å²) >= 11 is 0. The van der Waals surface area contributed by atoms with Crippen molar-refractivity contribution in [2.24, 2.45) is 0 Å². The third-order valence-electron chi connectivity index (χ3n) is 11.3. The highest BCUT2D eigenvalue weighted by molar-refractivity contribution is 7.87. The molecule has 7 rings (SSSR count). The van der Waals surface area contributed by atoms with Crippen LogP contribution in [-0.4, -0.2) is 45.5 Å². The number of carbonyl (C=O) groups is 1. The number of rotatable bonds is 17.